The topological polar surface area (TPSA) is 49.8 Å². The van der Waals surface area contributed by atoms with Crippen molar-refractivity contribution in [1.82, 2.24) is 4.90 Å². The van der Waals surface area contributed by atoms with E-state index < -0.39 is 0 Å². The molecule has 0 bridgehead atoms. The minimum absolute atomic E-state index is 0.0466. The van der Waals surface area contributed by atoms with Gasteiger partial charge in [0.2, 0.25) is 5.91 Å². The van der Waals surface area contributed by atoms with Crippen LogP contribution in [0.3, 0.4) is 0 Å². The van der Waals surface area contributed by atoms with Gasteiger partial charge < -0.3 is 14.7 Å². The van der Waals surface area contributed by atoms with Gasteiger partial charge in [-0.05, 0) is 18.8 Å². The van der Waals surface area contributed by atoms with Gasteiger partial charge in [0.1, 0.15) is 0 Å². The van der Waals surface area contributed by atoms with Crippen molar-refractivity contribution in [3.63, 3.8) is 0 Å². The maximum atomic E-state index is 11.6. The Bertz CT molecular complexity index is 196. The van der Waals surface area contributed by atoms with E-state index >= 15 is 0 Å². The lowest BCUT2D eigenvalue weighted by Crippen LogP contribution is -2.33. The van der Waals surface area contributed by atoms with E-state index in [-0.39, 0.29) is 12.5 Å². The molecule has 0 saturated carbocycles. The molecular formula is C11H21NO3. The van der Waals surface area contributed by atoms with Crippen molar-refractivity contribution < 1.29 is 14.6 Å². The van der Waals surface area contributed by atoms with E-state index in [1.54, 1.807) is 0 Å². The summed E-state index contributed by atoms with van der Waals surface area (Å²) in [6.07, 6.45) is 2.76. The van der Waals surface area contributed by atoms with Crippen LogP contribution in [0.25, 0.3) is 0 Å². The van der Waals surface area contributed by atoms with Crippen molar-refractivity contribution in [1.29, 1.82) is 0 Å². The van der Waals surface area contributed by atoms with Crippen LogP contribution >= 0.6 is 0 Å². The maximum Gasteiger partial charge on any atom is 0.222 e. The van der Waals surface area contributed by atoms with Crippen molar-refractivity contribution in [2.45, 2.75) is 26.2 Å². The van der Waals surface area contributed by atoms with Gasteiger partial charge >= 0.3 is 0 Å². The average molecular weight is 215 g/mol. The Morgan fingerprint density at radius 2 is 2.27 bits per heavy atom. The van der Waals surface area contributed by atoms with Crippen LogP contribution in [-0.4, -0.2) is 48.8 Å². The Hall–Kier alpha value is -0.610. The summed E-state index contributed by atoms with van der Waals surface area (Å²) in [6.45, 7) is 4.64. The number of rotatable bonds is 5. The third-order valence-electron chi connectivity index (χ3n) is 2.84. The standard InChI is InChI=1S/C11H21NO3/c1-10-2-3-11(14)12(5-4-10)6-8-15-9-7-13/h10,13H,2-9H2,1H3. The summed E-state index contributed by atoms with van der Waals surface area (Å²) in [6, 6.07) is 0. The molecule has 0 aromatic carbocycles. The van der Waals surface area contributed by atoms with Gasteiger partial charge in [-0.1, -0.05) is 6.92 Å². The van der Waals surface area contributed by atoms with Gasteiger partial charge in [0.15, 0.2) is 0 Å². The average Bonchev–Trinajstić information content (AvgIpc) is 2.38. The Morgan fingerprint density at radius 3 is 3.00 bits per heavy atom. The Labute approximate surface area is 91.2 Å². The molecule has 4 heteroatoms. The minimum atomic E-state index is 0.0466. The van der Waals surface area contributed by atoms with Gasteiger partial charge in [-0.3, -0.25) is 4.79 Å². The molecule has 1 heterocycles. The first kappa shape index (κ1) is 12.5. The monoisotopic (exact) mass is 215 g/mol. The lowest BCUT2D eigenvalue weighted by atomic mass is 10.0. The highest BCUT2D eigenvalue weighted by atomic mass is 16.5. The van der Waals surface area contributed by atoms with Crippen LogP contribution in [0.15, 0.2) is 0 Å². The van der Waals surface area contributed by atoms with Crippen molar-refractivity contribution in [2.75, 3.05) is 32.9 Å². The zero-order chi connectivity index (χ0) is 11.1. The number of ether oxygens (including phenoxy) is 1. The molecule has 4 nitrogen and oxygen atoms in total. The smallest absolute Gasteiger partial charge is 0.222 e. The van der Waals surface area contributed by atoms with Crippen LogP contribution in [0.1, 0.15) is 26.2 Å². The van der Waals surface area contributed by atoms with Crippen LogP contribution in [0.5, 0.6) is 0 Å². The highest BCUT2D eigenvalue weighted by Crippen LogP contribution is 2.16. The largest absolute Gasteiger partial charge is 0.394 e. The van der Waals surface area contributed by atoms with Crippen LogP contribution in [0.4, 0.5) is 0 Å². The summed E-state index contributed by atoms with van der Waals surface area (Å²) in [5.41, 5.74) is 0. The van der Waals surface area contributed by atoms with Gasteiger partial charge in [0.05, 0.1) is 19.8 Å². The number of carbonyl (C=O) groups excluding carboxylic acids is 1. The zero-order valence-corrected chi connectivity index (χ0v) is 9.45. The number of hydrogen-bond donors (Lipinski definition) is 1. The molecule has 1 fully saturated rings. The summed E-state index contributed by atoms with van der Waals surface area (Å²) in [7, 11) is 0. The van der Waals surface area contributed by atoms with Crippen molar-refractivity contribution in [3.8, 4) is 0 Å². The quantitative estimate of drug-likeness (QED) is 0.685. The maximum absolute atomic E-state index is 11.6. The number of hydrogen-bond acceptors (Lipinski definition) is 3. The summed E-state index contributed by atoms with van der Waals surface area (Å²) in [4.78, 5) is 13.5. The third kappa shape index (κ3) is 4.62. The van der Waals surface area contributed by atoms with E-state index in [1.807, 2.05) is 4.90 Å². The summed E-state index contributed by atoms with van der Waals surface area (Å²) < 4.78 is 5.16. The normalized spacial score (nSPS) is 22.9. The molecule has 1 amide bonds. The van der Waals surface area contributed by atoms with Gasteiger partial charge in [-0.25, -0.2) is 0 Å². The molecule has 0 radical (unpaired) electrons. The molecule has 1 N–H and O–H groups in total. The van der Waals surface area contributed by atoms with Crippen LogP contribution in [0.2, 0.25) is 0 Å². The van der Waals surface area contributed by atoms with Crippen molar-refractivity contribution >= 4 is 5.91 Å². The molecule has 0 aliphatic carbocycles. The number of likely N-dealkylation sites (tertiary alicyclic amines) is 1. The number of amides is 1. The molecule has 1 aliphatic rings. The number of nitrogens with zero attached hydrogens (tertiary/aromatic N) is 1. The molecule has 0 aromatic heterocycles. The summed E-state index contributed by atoms with van der Waals surface area (Å²) in [5, 5.41) is 8.53. The molecule has 1 rings (SSSR count). The summed E-state index contributed by atoms with van der Waals surface area (Å²) in [5.74, 6) is 0.893. The third-order valence-corrected chi connectivity index (χ3v) is 2.84. The second kappa shape index (κ2) is 6.80. The van der Waals surface area contributed by atoms with Gasteiger partial charge in [0, 0.05) is 19.5 Å². The fourth-order valence-electron chi connectivity index (χ4n) is 1.75. The Balaban J connectivity index is 2.23. The van der Waals surface area contributed by atoms with E-state index in [4.69, 9.17) is 9.84 Å². The number of aliphatic hydroxyl groups is 1. The van der Waals surface area contributed by atoms with Crippen molar-refractivity contribution in [2.24, 2.45) is 5.92 Å². The molecule has 0 spiro atoms. The van der Waals surface area contributed by atoms with E-state index in [1.165, 1.54) is 0 Å². The van der Waals surface area contributed by atoms with E-state index in [0.717, 1.165) is 19.4 Å². The highest BCUT2D eigenvalue weighted by molar-refractivity contribution is 5.76. The van der Waals surface area contributed by atoms with Gasteiger partial charge in [-0.15, -0.1) is 0 Å². The van der Waals surface area contributed by atoms with Gasteiger partial charge in [-0.2, -0.15) is 0 Å². The molecular weight excluding hydrogens is 194 g/mol. The minimum Gasteiger partial charge on any atom is -0.394 e. The second-order valence-electron chi connectivity index (χ2n) is 4.15. The SMILES string of the molecule is CC1CCC(=O)N(CCOCCO)CC1. The molecule has 1 saturated heterocycles. The molecule has 88 valence electrons. The lowest BCUT2D eigenvalue weighted by Gasteiger charge is -2.20. The molecule has 1 aliphatic heterocycles. The zero-order valence-electron chi connectivity index (χ0n) is 9.45. The number of carbonyl (C=O) groups is 1. The van der Waals surface area contributed by atoms with E-state index in [0.29, 0.717) is 32.1 Å². The predicted octanol–water partition coefficient (Wildman–Crippen LogP) is 0.644. The Kier molecular flexibility index (Phi) is 5.65. The van der Waals surface area contributed by atoms with Crippen LogP contribution in [0, 0.1) is 5.92 Å². The first-order chi connectivity index (χ1) is 7.24. The first-order valence-electron chi connectivity index (χ1n) is 5.70. The summed E-state index contributed by atoms with van der Waals surface area (Å²) >= 11 is 0. The highest BCUT2D eigenvalue weighted by Gasteiger charge is 2.19. The first-order valence-corrected chi connectivity index (χ1v) is 5.70. The number of aliphatic hydroxyl groups excluding tert-OH is 1. The fraction of sp³-hybridized carbons (Fsp3) is 0.909. The van der Waals surface area contributed by atoms with Gasteiger partial charge in [0.25, 0.3) is 0 Å². The fourth-order valence-corrected chi connectivity index (χ4v) is 1.75. The Morgan fingerprint density at radius 1 is 1.47 bits per heavy atom. The molecule has 15 heavy (non-hydrogen) atoms. The molecule has 1 unspecified atom stereocenters. The van der Waals surface area contributed by atoms with Crippen LogP contribution < -0.4 is 0 Å². The predicted molar refractivity (Wildman–Crippen MR) is 57.5 cm³/mol. The van der Waals surface area contributed by atoms with Crippen LogP contribution in [-0.2, 0) is 9.53 Å². The molecule has 1 atom stereocenters. The van der Waals surface area contributed by atoms with E-state index in [2.05, 4.69) is 6.92 Å². The lowest BCUT2D eigenvalue weighted by molar-refractivity contribution is -0.131. The molecule has 0 aromatic rings. The van der Waals surface area contributed by atoms with E-state index in [9.17, 15) is 4.79 Å². The second-order valence-corrected chi connectivity index (χ2v) is 4.15. The van der Waals surface area contributed by atoms with Crippen molar-refractivity contribution in [3.05, 3.63) is 0 Å².